The van der Waals surface area contributed by atoms with Gasteiger partial charge in [0.1, 0.15) is 18.0 Å². The highest BCUT2D eigenvalue weighted by Gasteiger charge is 2.20. The number of halogens is 2. The second kappa shape index (κ2) is 7.65. The Labute approximate surface area is 153 Å². The average molecular weight is 374 g/mol. The Balaban J connectivity index is 1.76. The fraction of sp³-hybridized carbons (Fsp3) is 0.167. The number of anilines is 1. The molecule has 1 atom stereocenters. The summed E-state index contributed by atoms with van der Waals surface area (Å²) in [5, 5.41) is 10.3. The molecule has 0 radical (unpaired) electrons. The van der Waals surface area contributed by atoms with Crippen LogP contribution in [0.2, 0.25) is 0 Å². The number of para-hydroxylation sites is 1. The summed E-state index contributed by atoms with van der Waals surface area (Å²) in [4.78, 5) is 12.3. The van der Waals surface area contributed by atoms with Crippen molar-refractivity contribution in [2.45, 2.75) is 24.3 Å². The number of hydrogen-bond donors (Lipinski definition) is 1. The minimum absolute atomic E-state index is 0.192. The standard InChI is InChI=1S/C18H16F2N4OS/c1-11-5-3-4-6-16(11)24-10-21-23-18(24)26-12(2)17(25)22-15-9-13(19)7-8-14(15)20/h3-10,12H,1-2H3,(H,22,25). The summed E-state index contributed by atoms with van der Waals surface area (Å²) < 4.78 is 28.7. The van der Waals surface area contributed by atoms with Gasteiger partial charge in [0.2, 0.25) is 5.91 Å². The molecule has 1 unspecified atom stereocenters. The van der Waals surface area contributed by atoms with Gasteiger partial charge in [0.15, 0.2) is 5.16 Å². The Bertz CT molecular complexity index is 944. The van der Waals surface area contributed by atoms with Crippen LogP contribution in [0.1, 0.15) is 12.5 Å². The maximum atomic E-state index is 13.7. The molecule has 1 amide bonds. The number of rotatable bonds is 5. The molecule has 26 heavy (non-hydrogen) atoms. The van der Waals surface area contributed by atoms with Crippen molar-refractivity contribution in [1.29, 1.82) is 0 Å². The number of benzene rings is 2. The van der Waals surface area contributed by atoms with E-state index in [4.69, 9.17) is 0 Å². The predicted molar refractivity (Wildman–Crippen MR) is 96.4 cm³/mol. The molecule has 0 saturated heterocycles. The highest BCUT2D eigenvalue weighted by atomic mass is 32.2. The lowest BCUT2D eigenvalue weighted by atomic mass is 10.2. The summed E-state index contributed by atoms with van der Waals surface area (Å²) in [5.41, 5.74) is 1.75. The van der Waals surface area contributed by atoms with Crippen molar-refractivity contribution >= 4 is 23.4 Å². The van der Waals surface area contributed by atoms with Crippen molar-refractivity contribution in [2.24, 2.45) is 0 Å². The van der Waals surface area contributed by atoms with Crippen molar-refractivity contribution < 1.29 is 13.6 Å². The molecular weight excluding hydrogens is 358 g/mol. The van der Waals surface area contributed by atoms with Crippen molar-refractivity contribution in [3.05, 3.63) is 66.0 Å². The first-order valence-corrected chi connectivity index (χ1v) is 8.72. The molecule has 0 aliphatic rings. The van der Waals surface area contributed by atoms with Crippen LogP contribution >= 0.6 is 11.8 Å². The molecule has 0 aliphatic carbocycles. The first-order chi connectivity index (χ1) is 12.5. The van der Waals surface area contributed by atoms with Gasteiger partial charge in [-0.2, -0.15) is 0 Å². The molecule has 3 aromatic rings. The quantitative estimate of drug-likeness (QED) is 0.687. The first kappa shape index (κ1) is 18.1. The highest BCUT2D eigenvalue weighted by molar-refractivity contribution is 8.00. The molecule has 0 aliphatic heterocycles. The van der Waals surface area contributed by atoms with Gasteiger partial charge in [-0.1, -0.05) is 30.0 Å². The number of carbonyl (C=O) groups excluding carboxylic acids is 1. The molecule has 1 aromatic heterocycles. The van der Waals surface area contributed by atoms with E-state index >= 15 is 0 Å². The maximum Gasteiger partial charge on any atom is 0.237 e. The van der Waals surface area contributed by atoms with Crippen LogP contribution in [0, 0.1) is 18.6 Å². The van der Waals surface area contributed by atoms with Gasteiger partial charge in [0.25, 0.3) is 0 Å². The van der Waals surface area contributed by atoms with E-state index in [1.165, 1.54) is 11.8 Å². The van der Waals surface area contributed by atoms with E-state index < -0.39 is 22.8 Å². The molecule has 8 heteroatoms. The minimum Gasteiger partial charge on any atom is -0.323 e. The normalized spacial score (nSPS) is 12.0. The smallest absolute Gasteiger partial charge is 0.237 e. The molecular formula is C18H16F2N4OS. The van der Waals surface area contributed by atoms with E-state index in [1.807, 2.05) is 31.2 Å². The van der Waals surface area contributed by atoms with Gasteiger partial charge in [-0.15, -0.1) is 10.2 Å². The lowest BCUT2D eigenvalue weighted by molar-refractivity contribution is -0.115. The Morgan fingerprint density at radius 3 is 2.77 bits per heavy atom. The molecule has 0 bridgehead atoms. The zero-order valence-electron chi connectivity index (χ0n) is 14.1. The molecule has 1 heterocycles. The minimum atomic E-state index is -0.694. The summed E-state index contributed by atoms with van der Waals surface area (Å²) in [6, 6.07) is 10.6. The Kier molecular flexibility index (Phi) is 5.32. The number of thioether (sulfide) groups is 1. The Morgan fingerprint density at radius 1 is 1.23 bits per heavy atom. The Morgan fingerprint density at radius 2 is 2.00 bits per heavy atom. The van der Waals surface area contributed by atoms with Gasteiger partial charge < -0.3 is 5.32 Å². The number of hydrogen-bond acceptors (Lipinski definition) is 4. The average Bonchev–Trinajstić information content (AvgIpc) is 3.06. The third-order valence-electron chi connectivity index (χ3n) is 3.73. The van der Waals surface area contributed by atoms with Gasteiger partial charge in [-0.3, -0.25) is 9.36 Å². The van der Waals surface area contributed by atoms with Crippen LogP contribution in [0.5, 0.6) is 0 Å². The van der Waals surface area contributed by atoms with Crippen LogP contribution in [0.4, 0.5) is 14.5 Å². The largest absolute Gasteiger partial charge is 0.323 e. The van der Waals surface area contributed by atoms with Crippen molar-refractivity contribution in [3.8, 4) is 5.69 Å². The van der Waals surface area contributed by atoms with Crippen LogP contribution in [0.15, 0.2) is 53.9 Å². The SMILES string of the molecule is Cc1ccccc1-n1cnnc1SC(C)C(=O)Nc1cc(F)ccc1F. The number of aromatic nitrogens is 3. The number of nitrogens with zero attached hydrogens (tertiary/aromatic N) is 3. The summed E-state index contributed by atoms with van der Waals surface area (Å²) in [7, 11) is 0. The van der Waals surface area contributed by atoms with E-state index in [2.05, 4.69) is 15.5 Å². The number of carbonyl (C=O) groups is 1. The van der Waals surface area contributed by atoms with Gasteiger partial charge in [0.05, 0.1) is 16.6 Å². The zero-order chi connectivity index (χ0) is 18.7. The van der Waals surface area contributed by atoms with Crippen molar-refractivity contribution in [3.63, 3.8) is 0 Å². The summed E-state index contributed by atoms with van der Waals surface area (Å²) in [5.74, 6) is -1.78. The second-order valence-electron chi connectivity index (χ2n) is 5.64. The number of aryl methyl sites for hydroxylation is 1. The van der Waals surface area contributed by atoms with Gasteiger partial charge in [-0.25, -0.2) is 8.78 Å². The van der Waals surface area contributed by atoms with Gasteiger partial charge in [0, 0.05) is 6.07 Å². The van der Waals surface area contributed by atoms with Crippen LogP contribution in [-0.4, -0.2) is 25.9 Å². The summed E-state index contributed by atoms with van der Waals surface area (Å²) >= 11 is 1.18. The lowest BCUT2D eigenvalue weighted by Gasteiger charge is -2.14. The van der Waals surface area contributed by atoms with Crippen molar-refractivity contribution in [2.75, 3.05) is 5.32 Å². The van der Waals surface area contributed by atoms with E-state index in [-0.39, 0.29) is 5.69 Å². The monoisotopic (exact) mass is 374 g/mol. The molecule has 5 nitrogen and oxygen atoms in total. The molecule has 0 fully saturated rings. The van der Waals surface area contributed by atoms with Crippen LogP contribution < -0.4 is 5.32 Å². The lowest BCUT2D eigenvalue weighted by Crippen LogP contribution is -2.23. The van der Waals surface area contributed by atoms with Crippen LogP contribution in [0.25, 0.3) is 5.69 Å². The van der Waals surface area contributed by atoms with E-state index in [9.17, 15) is 13.6 Å². The summed E-state index contributed by atoms with van der Waals surface area (Å²) in [6.45, 7) is 3.63. The molecule has 0 saturated carbocycles. The highest BCUT2D eigenvalue weighted by Crippen LogP contribution is 2.26. The Hall–Kier alpha value is -2.74. The zero-order valence-corrected chi connectivity index (χ0v) is 14.9. The van der Waals surface area contributed by atoms with Crippen LogP contribution in [0.3, 0.4) is 0 Å². The van der Waals surface area contributed by atoms with Gasteiger partial charge in [-0.05, 0) is 37.6 Å². The molecule has 134 valence electrons. The molecule has 0 spiro atoms. The predicted octanol–water partition coefficient (Wildman–Crippen LogP) is 3.97. The second-order valence-corrected chi connectivity index (χ2v) is 6.95. The number of nitrogens with one attached hydrogen (secondary N) is 1. The fourth-order valence-corrected chi connectivity index (χ4v) is 3.18. The van der Waals surface area contributed by atoms with E-state index in [0.29, 0.717) is 5.16 Å². The number of amides is 1. The fourth-order valence-electron chi connectivity index (χ4n) is 2.34. The summed E-state index contributed by atoms with van der Waals surface area (Å²) in [6.07, 6.45) is 1.57. The van der Waals surface area contributed by atoms with Gasteiger partial charge >= 0.3 is 0 Å². The first-order valence-electron chi connectivity index (χ1n) is 7.84. The van der Waals surface area contributed by atoms with E-state index in [1.54, 1.807) is 17.8 Å². The maximum absolute atomic E-state index is 13.7. The van der Waals surface area contributed by atoms with Crippen LogP contribution in [-0.2, 0) is 4.79 Å². The molecule has 2 aromatic carbocycles. The molecule has 3 rings (SSSR count). The third-order valence-corrected chi connectivity index (χ3v) is 4.79. The van der Waals surface area contributed by atoms with E-state index in [0.717, 1.165) is 29.4 Å². The topological polar surface area (TPSA) is 59.8 Å². The third kappa shape index (κ3) is 3.91. The molecule has 1 N–H and O–H groups in total. The van der Waals surface area contributed by atoms with Crippen molar-refractivity contribution in [1.82, 2.24) is 14.8 Å².